The van der Waals surface area contributed by atoms with Crippen molar-refractivity contribution in [2.75, 3.05) is 7.05 Å². The number of hydrogen-bond donors (Lipinski definition) is 1. The highest BCUT2D eigenvalue weighted by atomic mass is 35.5. The molecule has 2 rings (SSSR count). The first-order chi connectivity index (χ1) is 11.0. The van der Waals surface area contributed by atoms with E-state index in [2.05, 4.69) is 5.32 Å². The van der Waals surface area contributed by atoms with Crippen molar-refractivity contribution >= 4 is 23.4 Å². The zero-order valence-electron chi connectivity index (χ0n) is 13.1. The van der Waals surface area contributed by atoms with Crippen LogP contribution in [0.5, 0.6) is 0 Å². The zero-order valence-corrected chi connectivity index (χ0v) is 13.9. The summed E-state index contributed by atoms with van der Waals surface area (Å²) in [6.07, 6.45) is 0. The molecular formula is C18H19ClN2O2. The van der Waals surface area contributed by atoms with Crippen LogP contribution in [-0.4, -0.2) is 23.8 Å². The molecule has 0 bridgehead atoms. The van der Waals surface area contributed by atoms with Gasteiger partial charge in [0.1, 0.15) is 6.04 Å². The normalized spacial score (nSPS) is 11.6. The van der Waals surface area contributed by atoms with Gasteiger partial charge < -0.3 is 10.2 Å². The average molecular weight is 331 g/mol. The molecule has 4 nitrogen and oxygen atoms in total. The summed E-state index contributed by atoms with van der Waals surface area (Å²) in [5.74, 6) is -0.391. The lowest BCUT2D eigenvalue weighted by Crippen LogP contribution is -2.41. The molecule has 1 atom stereocenters. The minimum absolute atomic E-state index is 0.169. The van der Waals surface area contributed by atoms with E-state index in [9.17, 15) is 9.59 Å². The molecule has 0 aliphatic carbocycles. The van der Waals surface area contributed by atoms with E-state index in [4.69, 9.17) is 11.6 Å². The van der Waals surface area contributed by atoms with E-state index in [0.717, 1.165) is 11.1 Å². The molecular weight excluding hydrogens is 312 g/mol. The summed E-state index contributed by atoms with van der Waals surface area (Å²) in [6.45, 7) is 1.80. The molecule has 2 aromatic rings. The van der Waals surface area contributed by atoms with E-state index >= 15 is 0 Å². The predicted octanol–water partition coefficient (Wildman–Crippen LogP) is 3.18. The van der Waals surface area contributed by atoms with Gasteiger partial charge in [-0.1, -0.05) is 54.1 Å². The lowest BCUT2D eigenvalue weighted by molar-refractivity contribution is -0.139. The van der Waals surface area contributed by atoms with Gasteiger partial charge in [-0.05, 0) is 23.3 Å². The fourth-order valence-corrected chi connectivity index (χ4v) is 2.54. The van der Waals surface area contributed by atoms with Crippen molar-refractivity contribution in [3.63, 3.8) is 0 Å². The summed E-state index contributed by atoms with van der Waals surface area (Å²) in [6, 6.07) is 15.8. The summed E-state index contributed by atoms with van der Waals surface area (Å²) in [7, 11) is 1.57. The Morgan fingerprint density at radius 2 is 1.70 bits per heavy atom. The van der Waals surface area contributed by atoms with Crippen LogP contribution in [0.2, 0.25) is 5.02 Å². The molecule has 5 heteroatoms. The van der Waals surface area contributed by atoms with Gasteiger partial charge in [-0.25, -0.2) is 0 Å². The monoisotopic (exact) mass is 330 g/mol. The third kappa shape index (κ3) is 4.33. The predicted molar refractivity (Wildman–Crippen MR) is 90.9 cm³/mol. The maximum atomic E-state index is 12.4. The number of amides is 2. The number of hydrogen-bond acceptors (Lipinski definition) is 2. The maximum Gasteiger partial charge on any atom is 0.247 e. The highest BCUT2D eigenvalue weighted by molar-refractivity contribution is 6.30. The average Bonchev–Trinajstić information content (AvgIpc) is 2.56. The molecule has 0 radical (unpaired) electrons. The van der Waals surface area contributed by atoms with Crippen LogP contribution >= 0.6 is 11.6 Å². The van der Waals surface area contributed by atoms with Crippen molar-refractivity contribution in [2.24, 2.45) is 0 Å². The second-order valence-corrected chi connectivity index (χ2v) is 5.64. The third-order valence-corrected chi connectivity index (χ3v) is 3.84. The van der Waals surface area contributed by atoms with Gasteiger partial charge in [0.05, 0.1) is 0 Å². The first-order valence-corrected chi connectivity index (χ1v) is 7.69. The summed E-state index contributed by atoms with van der Waals surface area (Å²) in [5.41, 5.74) is 1.69. The van der Waals surface area contributed by atoms with Crippen molar-refractivity contribution in [1.82, 2.24) is 10.2 Å². The van der Waals surface area contributed by atoms with Gasteiger partial charge in [-0.3, -0.25) is 9.59 Å². The van der Waals surface area contributed by atoms with Crippen LogP contribution in [0.25, 0.3) is 0 Å². The lowest BCUT2D eigenvalue weighted by atomic mass is 10.0. The molecule has 0 aliphatic rings. The van der Waals surface area contributed by atoms with E-state index < -0.39 is 6.04 Å². The van der Waals surface area contributed by atoms with Gasteiger partial charge in [0.15, 0.2) is 0 Å². The van der Waals surface area contributed by atoms with Gasteiger partial charge in [0.2, 0.25) is 11.8 Å². The first-order valence-electron chi connectivity index (χ1n) is 7.31. The number of carbonyl (C=O) groups excluding carboxylic acids is 2. The van der Waals surface area contributed by atoms with Crippen LogP contribution in [-0.2, 0) is 16.1 Å². The van der Waals surface area contributed by atoms with Gasteiger partial charge in [-0.2, -0.15) is 0 Å². The Hall–Kier alpha value is -2.33. The topological polar surface area (TPSA) is 49.4 Å². The number of nitrogens with one attached hydrogen (secondary N) is 1. The van der Waals surface area contributed by atoms with E-state index in [-0.39, 0.29) is 11.8 Å². The smallest absolute Gasteiger partial charge is 0.247 e. The Kier molecular flexibility index (Phi) is 5.77. The van der Waals surface area contributed by atoms with Crippen molar-refractivity contribution in [3.05, 3.63) is 70.7 Å². The summed E-state index contributed by atoms with van der Waals surface area (Å²) in [4.78, 5) is 26.1. The molecule has 1 N–H and O–H groups in total. The maximum absolute atomic E-state index is 12.4. The van der Waals surface area contributed by atoms with Crippen LogP contribution in [0.4, 0.5) is 0 Å². The number of likely N-dealkylation sites (N-methyl/N-ethyl adjacent to an activating group) is 1. The van der Waals surface area contributed by atoms with Gasteiger partial charge in [-0.15, -0.1) is 0 Å². The second kappa shape index (κ2) is 7.79. The molecule has 0 fully saturated rings. The van der Waals surface area contributed by atoms with Crippen molar-refractivity contribution in [2.45, 2.75) is 19.5 Å². The number of carbonyl (C=O) groups is 2. The van der Waals surface area contributed by atoms with Crippen LogP contribution in [0.15, 0.2) is 54.6 Å². The standard InChI is InChI=1S/C18H19ClN2O2/c1-13(22)21(12-14-8-10-16(19)11-9-14)17(18(23)20-2)15-6-4-3-5-7-15/h3-11,17H,12H2,1-2H3,(H,20,23)/t17-/m1/s1. The SMILES string of the molecule is CNC(=O)[C@@H](c1ccccc1)N(Cc1ccc(Cl)cc1)C(C)=O. The molecule has 2 aromatic carbocycles. The van der Waals surface area contributed by atoms with Gasteiger partial charge >= 0.3 is 0 Å². The lowest BCUT2D eigenvalue weighted by Gasteiger charge is -2.30. The summed E-state index contributed by atoms with van der Waals surface area (Å²) < 4.78 is 0. The molecule has 0 aromatic heterocycles. The number of nitrogens with zero attached hydrogens (tertiary/aromatic N) is 1. The van der Waals surface area contributed by atoms with Crippen molar-refractivity contribution in [3.8, 4) is 0 Å². The third-order valence-electron chi connectivity index (χ3n) is 3.59. The van der Waals surface area contributed by atoms with E-state index in [1.54, 1.807) is 24.1 Å². The number of benzene rings is 2. The second-order valence-electron chi connectivity index (χ2n) is 5.20. The minimum Gasteiger partial charge on any atom is -0.357 e. The molecule has 0 saturated carbocycles. The van der Waals surface area contributed by atoms with Crippen LogP contribution < -0.4 is 5.32 Å². The fourth-order valence-electron chi connectivity index (χ4n) is 2.42. The van der Waals surface area contributed by atoms with Crippen molar-refractivity contribution in [1.29, 1.82) is 0 Å². The number of halogens is 1. The quantitative estimate of drug-likeness (QED) is 0.915. The highest BCUT2D eigenvalue weighted by Gasteiger charge is 2.28. The first kappa shape index (κ1) is 17.0. The Morgan fingerprint density at radius 1 is 1.09 bits per heavy atom. The largest absolute Gasteiger partial charge is 0.357 e. The summed E-state index contributed by atoms with van der Waals surface area (Å²) in [5, 5.41) is 3.27. The minimum atomic E-state index is -0.672. The van der Waals surface area contributed by atoms with Crippen LogP contribution in [0.1, 0.15) is 24.1 Å². The molecule has 0 spiro atoms. The molecule has 0 unspecified atom stereocenters. The van der Waals surface area contributed by atoms with E-state index in [1.807, 2.05) is 42.5 Å². The molecule has 0 heterocycles. The molecule has 23 heavy (non-hydrogen) atoms. The summed E-state index contributed by atoms with van der Waals surface area (Å²) >= 11 is 5.90. The Labute approximate surface area is 141 Å². The van der Waals surface area contributed by atoms with Crippen LogP contribution in [0, 0.1) is 0 Å². The number of rotatable bonds is 5. The Bertz CT molecular complexity index is 671. The molecule has 120 valence electrons. The van der Waals surface area contributed by atoms with Crippen molar-refractivity contribution < 1.29 is 9.59 Å². The van der Waals surface area contributed by atoms with Crippen LogP contribution in [0.3, 0.4) is 0 Å². The zero-order chi connectivity index (χ0) is 16.8. The molecule has 2 amide bonds. The molecule has 0 aliphatic heterocycles. The Morgan fingerprint density at radius 3 is 2.22 bits per heavy atom. The van der Waals surface area contributed by atoms with E-state index in [0.29, 0.717) is 11.6 Å². The Balaban J connectivity index is 2.36. The van der Waals surface area contributed by atoms with Gasteiger partial charge in [0.25, 0.3) is 0 Å². The highest BCUT2D eigenvalue weighted by Crippen LogP contribution is 2.24. The van der Waals surface area contributed by atoms with E-state index in [1.165, 1.54) is 6.92 Å². The fraction of sp³-hybridized carbons (Fsp3) is 0.222. The molecule has 0 saturated heterocycles. The van der Waals surface area contributed by atoms with Gasteiger partial charge in [0, 0.05) is 25.5 Å².